The van der Waals surface area contributed by atoms with Gasteiger partial charge in [0.2, 0.25) is 0 Å². The monoisotopic (exact) mass is 351 g/mol. The van der Waals surface area contributed by atoms with Gasteiger partial charge in [-0.1, -0.05) is 12.1 Å². The molecule has 1 aromatic carbocycles. The van der Waals surface area contributed by atoms with Gasteiger partial charge in [0.15, 0.2) is 5.69 Å². The van der Waals surface area contributed by atoms with E-state index in [2.05, 4.69) is 10.4 Å². The van der Waals surface area contributed by atoms with E-state index in [1.165, 1.54) is 10.7 Å². The highest BCUT2D eigenvalue weighted by Crippen LogP contribution is 2.21. The lowest BCUT2D eigenvalue weighted by Crippen LogP contribution is -2.51. The average molecular weight is 352 g/mol. The van der Waals surface area contributed by atoms with Crippen LogP contribution in [0.15, 0.2) is 36.5 Å². The predicted octanol–water partition coefficient (Wildman–Crippen LogP) is 1.64. The van der Waals surface area contributed by atoms with E-state index in [0.29, 0.717) is 18.8 Å². The molecule has 1 amide bonds. The summed E-state index contributed by atoms with van der Waals surface area (Å²) in [5.41, 5.74) is 0.577. The number of carbonyl (C=O) groups is 1. The van der Waals surface area contributed by atoms with Crippen LogP contribution in [0.3, 0.4) is 0 Å². The third kappa shape index (κ3) is 3.55. The van der Waals surface area contributed by atoms with Crippen molar-refractivity contribution in [3.63, 3.8) is 0 Å². The zero-order valence-corrected chi connectivity index (χ0v) is 13.9. The molecule has 0 aliphatic carbocycles. The normalized spacial score (nSPS) is 17.2. The van der Waals surface area contributed by atoms with Gasteiger partial charge in [-0.2, -0.15) is 5.10 Å². The molecule has 128 valence electrons. The van der Waals surface area contributed by atoms with Crippen molar-refractivity contribution in [2.24, 2.45) is 0 Å². The number of nitro benzene ring substituents is 1. The van der Waals surface area contributed by atoms with E-state index in [1.807, 2.05) is 6.92 Å². The van der Waals surface area contributed by atoms with Gasteiger partial charge in [0.05, 0.1) is 4.92 Å². The van der Waals surface area contributed by atoms with Crippen LogP contribution in [0, 0.1) is 10.1 Å². The smallest absolute Gasteiger partial charge is 0.294 e. The number of rotatable bonds is 3. The van der Waals surface area contributed by atoms with Gasteiger partial charge in [-0.3, -0.25) is 14.9 Å². The molecule has 1 aromatic heterocycles. The SMILES string of the molecule is C[C@@H]1CN(C(=O)c2ccn(-c3ccccc3[N+](=O)[O-])n2)CCN1.Cl. The molecule has 0 bridgehead atoms. The van der Waals surface area contributed by atoms with Gasteiger partial charge in [0, 0.05) is 37.9 Å². The first kappa shape index (κ1) is 17.9. The lowest BCUT2D eigenvalue weighted by Gasteiger charge is -2.31. The van der Waals surface area contributed by atoms with Gasteiger partial charge < -0.3 is 10.2 Å². The summed E-state index contributed by atoms with van der Waals surface area (Å²) in [6, 6.07) is 8.14. The Labute approximate surface area is 145 Å². The number of piperazine rings is 1. The third-order valence-corrected chi connectivity index (χ3v) is 3.79. The van der Waals surface area contributed by atoms with E-state index in [1.54, 1.807) is 35.4 Å². The Bertz CT molecular complexity index is 748. The highest BCUT2D eigenvalue weighted by molar-refractivity contribution is 5.92. The predicted molar refractivity (Wildman–Crippen MR) is 90.8 cm³/mol. The molecule has 1 N–H and O–H groups in total. The number of nitrogens with zero attached hydrogens (tertiary/aromatic N) is 4. The van der Waals surface area contributed by atoms with E-state index < -0.39 is 4.92 Å². The first-order valence-electron chi connectivity index (χ1n) is 7.38. The van der Waals surface area contributed by atoms with Crippen LogP contribution in [0.4, 0.5) is 5.69 Å². The largest absolute Gasteiger partial charge is 0.334 e. The summed E-state index contributed by atoms with van der Waals surface area (Å²) in [6.45, 7) is 4.02. The standard InChI is InChI=1S/C15H17N5O3.ClH/c1-11-10-18(9-7-16-11)15(21)12-6-8-19(17-12)13-4-2-3-5-14(13)20(22)23;/h2-6,8,11,16H,7,9-10H2,1H3;1H/t11-;/m1./s1. The van der Waals surface area contributed by atoms with Crippen LogP contribution >= 0.6 is 12.4 Å². The van der Waals surface area contributed by atoms with Crippen LogP contribution in [0.25, 0.3) is 5.69 Å². The molecular weight excluding hydrogens is 334 g/mol. The van der Waals surface area contributed by atoms with Gasteiger partial charge >= 0.3 is 0 Å². The quantitative estimate of drug-likeness (QED) is 0.670. The van der Waals surface area contributed by atoms with Gasteiger partial charge in [-0.05, 0) is 19.1 Å². The lowest BCUT2D eigenvalue weighted by atomic mass is 10.2. The summed E-state index contributed by atoms with van der Waals surface area (Å²) in [5, 5.41) is 18.6. The highest BCUT2D eigenvalue weighted by atomic mass is 35.5. The number of nitro groups is 1. The fraction of sp³-hybridized carbons (Fsp3) is 0.333. The fourth-order valence-electron chi connectivity index (χ4n) is 2.66. The van der Waals surface area contributed by atoms with Crippen molar-refractivity contribution in [2.75, 3.05) is 19.6 Å². The zero-order chi connectivity index (χ0) is 16.4. The first-order chi connectivity index (χ1) is 11.1. The minimum absolute atomic E-state index is 0. The maximum absolute atomic E-state index is 12.5. The van der Waals surface area contributed by atoms with E-state index in [9.17, 15) is 14.9 Å². The van der Waals surface area contributed by atoms with E-state index in [-0.39, 0.29) is 35.7 Å². The molecule has 1 aliphatic rings. The molecule has 8 nitrogen and oxygen atoms in total. The van der Waals surface area contributed by atoms with Crippen molar-refractivity contribution in [2.45, 2.75) is 13.0 Å². The Balaban J connectivity index is 0.00000208. The van der Waals surface area contributed by atoms with Crippen molar-refractivity contribution in [3.8, 4) is 5.69 Å². The Morgan fingerprint density at radius 3 is 2.83 bits per heavy atom. The number of benzene rings is 1. The lowest BCUT2D eigenvalue weighted by molar-refractivity contribution is -0.384. The Hall–Kier alpha value is -2.45. The molecule has 1 atom stereocenters. The molecule has 0 unspecified atom stereocenters. The molecule has 0 spiro atoms. The number of carbonyl (C=O) groups excluding carboxylic acids is 1. The molecule has 9 heteroatoms. The van der Waals surface area contributed by atoms with Crippen LogP contribution in [0.5, 0.6) is 0 Å². The van der Waals surface area contributed by atoms with Crippen molar-refractivity contribution in [1.82, 2.24) is 20.0 Å². The summed E-state index contributed by atoms with van der Waals surface area (Å²) < 4.78 is 1.37. The minimum atomic E-state index is -0.462. The summed E-state index contributed by atoms with van der Waals surface area (Å²) in [5.74, 6) is -0.157. The number of para-hydroxylation sites is 2. The summed E-state index contributed by atoms with van der Waals surface area (Å²) in [7, 11) is 0. The van der Waals surface area contributed by atoms with Crippen LogP contribution in [0.1, 0.15) is 17.4 Å². The molecule has 0 saturated carbocycles. The number of hydrogen-bond acceptors (Lipinski definition) is 5. The Morgan fingerprint density at radius 1 is 1.38 bits per heavy atom. The van der Waals surface area contributed by atoms with E-state index >= 15 is 0 Å². The average Bonchev–Trinajstić information content (AvgIpc) is 3.04. The number of halogens is 1. The molecule has 2 aromatic rings. The van der Waals surface area contributed by atoms with E-state index in [0.717, 1.165) is 6.54 Å². The van der Waals surface area contributed by atoms with Crippen molar-refractivity contribution in [1.29, 1.82) is 0 Å². The second-order valence-electron chi connectivity index (χ2n) is 5.50. The number of amides is 1. The molecule has 3 rings (SSSR count). The maximum Gasteiger partial charge on any atom is 0.294 e. The summed E-state index contributed by atoms with van der Waals surface area (Å²) in [4.78, 5) is 24.9. The summed E-state index contributed by atoms with van der Waals surface area (Å²) in [6.07, 6.45) is 1.57. The van der Waals surface area contributed by atoms with Crippen LogP contribution < -0.4 is 5.32 Å². The number of aromatic nitrogens is 2. The molecular formula is C15H18ClN5O3. The number of nitrogens with one attached hydrogen (secondary N) is 1. The summed E-state index contributed by atoms with van der Waals surface area (Å²) >= 11 is 0. The Kier molecular flexibility index (Phi) is 5.53. The minimum Gasteiger partial charge on any atom is -0.334 e. The zero-order valence-electron chi connectivity index (χ0n) is 13.1. The van der Waals surface area contributed by atoms with Crippen LogP contribution in [-0.4, -0.2) is 51.2 Å². The first-order valence-corrected chi connectivity index (χ1v) is 7.38. The van der Waals surface area contributed by atoms with Crippen LogP contribution in [-0.2, 0) is 0 Å². The van der Waals surface area contributed by atoms with Gasteiger partial charge in [0.1, 0.15) is 5.69 Å². The van der Waals surface area contributed by atoms with Gasteiger partial charge in [0.25, 0.3) is 11.6 Å². The van der Waals surface area contributed by atoms with Crippen molar-refractivity contribution in [3.05, 3.63) is 52.3 Å². The maximum atomic E-state index is 12.5. The molecule has 0 radical (unpaired) electrons. The Morgan fingerprint density at radius 2 is 2.12 bits per heavy atom. The molecule has 1 fully saturated rings. The van der Waals surface area contributed by atoms with Crippen molar-refractivity contribution < 1.29 is 9.72 Å². The third-order valence-electron chi connectivity index (χ3n) is 3.79. The second kappa shape index (κ2) is 7.41. The van der Waals surface area contributed by atoms with Gasteiger partial charge in [-0.15, -0.1) is 12.4 Å². The topological polar surface area (TPSA) is 93.3 Å². The van der Waals surface area contributed by atoms with Crippen molar-refractivity contribution >= 4 is 24.0 Å². The molecule has 2 heterocycles. The van der Waals surface area contributed by atoms with Gasteiger partial charge in [-0.25, -0.2) is 4.68 Å². The number of hydrogen-bond donors (Lipinski definition) is 1. The molecule has 1 saturated heterocycles. The second-order valence-corrected chi connectivity index (χ2v) is 5.50. The van der Waals surface area contributed by atoms with Crippen LogP contribution in [0.2, 0.25) is 0 Å². The molecule has 24 heavy (non-hydrogen) atoms. The fourth-order valence-corrected chi connectivity index (χ4v) is 2.66. The molecule has 1 aliphatic heterocycles. The van der Waals surface area contributed by atoms with E-state index in [4.69, 9.17) is 0 Å². The highest BCUT2D eigenvalue weighted by Gasteiger charge is 2.24.